The van der Waals surface area contributed by atoms with E-state index in [1.165, 1.54) is 12.1 Å². The van der Waals surface area contributed by atoms with Crippen molar-refractivity contribution in [2.45, 2.75) is 45.4 Å². The highest BCUT2D eigenvalue weighted by molar-refractivity contribution is 6.19. The Morgan fingerprint density at radius 2 is 1.77 bits per heavy atom. The van der Waals surface area contributed by atoms with Crippen LogP contribution in [0, 0.1) is 24.5 Å². The van der Waals surface area contributed by atoms with Gasteiger partial charge in [-0.05, 0) is 74.6 Å². The first-order chi connectivity index (χ1) is 27.5. The molecule has 2 aromatic heterocycles. The van der Waals surface area contributed by atoms with Gasteiger partial charge in [-0.3, -0.25) is 29.6 Å². The molecule has 3 amide bonds. The summed E-state index contributed by atoms with van der Waals surface area (Å²) >= 11 is 0. The van der Waals surface area contributed by atoms with E-state index in [9.17, 15) is 14.4 Å². The summed E-state index contributed by atoms with van der Waals surface area (Å²) in [7, 11) is 1.83. The van der Waals surface area contributed by atoms with E-state index in [0.717, 1.165) is 61.6 Å². The molecule has 4 aromatic rings. The van der Waals surface area contributed by atoms with Crippen LogP contribution in [0.1, 0.15) is 60.1 Å². The van der Waals surface area contributed by atoms with Crippen molar-refractivity contribution in [2.24, 2.45) is 18.0 Å². The van der Waals surface area contributed by atoms with Crippen molar-refractivity contribution in [3.63, 3.8) is 0 Å². The molecule has 0 unspecified atom stereocenters. The van der Waals surface area contributed by atoms with Gasteiger partial charge in [0.15, 0.2) is 0 Å². The number of hydrogen-bond acceptors (Lipinski definition) is 11. The number of halogens is 2. The van der Waals surface area contributed by atoms with Crippen LogP contribution < -0.4 is 30.5 Å². The number of ether oxygens (including phenoxy) is 1. The Balaban J connectivity index is 0.924. The summed E-state index contributed by atoms with van der Waals surface area (Å²) in [5, 5.41) is 13.1. The molecular weight excluding hydrogens is 735 g/mol. The van der Waals surface area contributed by atoms with Crippen LogP contribution >= 0.6 is 0 Å². The summed E-state index contributed by atoms with van der Waals surface area (Å²) < 4.78 is 37.9. The van der Waals surface area contributed by atoms with Crippen LogP contribution in [0.2, 0.25) is 0 Å². The lowest BCUT2D eigenvalue weighted by atomic mass is 9.89. The highest BCUT2D eigenvalue weighted by atomic mass is 19.1. The second-order valence-electron chi connectivity index (χ2n) is 15.3. The van der Waals surface area contributed by atoms with Gasteiger partial charge in [-0.2, -0.15) is 10.1 Å². The monoisotopic (exact) mass is 780 g/mol. The number of hydrogen-bond donors (Lipinski definition) is 3. The number of fused-ring (bicyclic) bond motifs is 7. The summed E-state index contributed by atoms with van der Waals surface area (Å²) in [6.45, 7) is 9.54. The number of aryl methyl sites for hydroxylation is 2. The van der Waals surface area contributed by atoms with Crippen molar-refractivity contribution < 1.29 is 27.9 Å². The molecule has 2 fully saturated rings. The van der Waals surface area contributed by atoms with Gasteiger partial charge in [-0.15, -0.1) is 0 Å². The summed E-state index contributed by atoms with van der Waals surface area (Å²) in [6, 6.07) is 12.2. The van der Waals surface area contributed by atoms with Gasteiger partial charge in [0.05, 0.1) is 41.4 Å². The van der Waals surface area contributed by atoms with Gasteiger partial charge in [0, 0.05) is 87.5 Å². The third kappa shape index (κ3) is 8.04. The van der Waals surface area contributed by atoms with Crippen molar-refractivity contribution in [2.75, 3.05) is 72.9 Å². The zero-order valence-corrected chi connectivity index (χ0v) is 32.3. The molecule has 0 aliphatic carbocycles. The number of benzene rings is 2. The molecule has 2 bridgehead atoms. The van der Waals surface area contributed by atoms with Crippen LogP contribution in [0.3, 0.4) is 0 Å². The number of imide groups is 1. The minimum Gasteiger partial charge on any atom is -0.477 e. The maximum Gasteiger partial charge on any atom is 0.280 e. The Bertz CT molecular complexity index is 2230. The quantitative estimate of drug-likeness (QED) is 0.226. The molecule has 3 N–H and O–H groups in total. The van der Waals surface area contributed by atoms with E-state index in [1.807, 2.05) is 20.0 Å². The van der Waals surface area contributed by atoms with Crippen molar-refractivity contribution in [3.8, 4) is 17.1 Å². The van der Waals surface area contributed by atoms with Gasteiger partial charge < -0.3 is 25.2 Å². The second kappa shape index (κ2) is 15.9. The van der Waals surface area contributed by atoms with E-state index in [1.54, 1.807) is 23.0 Å². The number of nitrogens with zero attached hydrogens (tertiary/aromatic N) is 7. The van der Waals surface area contributed by atoms with E-state index in [2.05, 4.69) is 59.8 Å². The number of carbonyl (C=O) groups is 3. The zero-order valence-electron chi connectivity index (χ0n) is 32.3. The number of amides is 3. The van der Waals surface area contributed by atoms with Crippen LogP contribution in [0.15, 0.2) is 53.7 Å². The molecule has 2 saturated heterocycles. The first-order valence-corrected chi connectivity index (χ1v) is 19.5. The van der Waals surface area contributed by atoms with Crippen LogP contribution in [-0.2, 0) is 16.6 Å². The molecule has 4 aliphatic rings. The number of rotatable bonds is 6. The fourth-order valence-corrected chi connectivity index (χ4v) is 8.06. The lowest BCUT2D eigenvalue weighted by molar-refractivity contribution is -0.134. The number of piperidine rings is 1. The lowest BCUT2D eigenvalue weighted by Gasteiger charge is -2.36. The number of nitrogens with one attached hydrogen (secondary N) is 3. The largest absolute Gasteiger partial charge is 0.477 e. The van der Waals surface area contributed by atoms with Gasteiger partial charge in [0.25, 0.3) is 5.91 Å². The van der Waals surface area contributed by atoms with Gasteiger partial charge in [-0.25, -0.2) is 13.5 Å². The number of anilines is 4. The molecule has 16 heteroatoms. The smallest absolute Gasteiger partial charge is 0.280 e. The standard InChI is InChI=1S/C41H46F2N10O4/c1-24-5-4-16-57-40-30(22-45-50(40)3)34-18-26(17-25(2)46-34)38(55)49-41-47-33-8-6-28(21-35(33)53(41)23-24)52-14-12-51(13-15-52)11-10-44-27-19-31(42)37(32(43)20-27)29-7-9-36(54)48-39(29)56/h6,8,17-22,24,29,44H,4-5,7,9-16,23H2,1-3H3,(H,47,49,55)(H,48,54,56)/t24-,29-/m1/s1. The average Bonchev–Trinajstić information content (AvgIpc) is 3.71. The highest BCUT2D eigenvalue weighted by Crippen LogP contribution is 2.38. The molecular formula is C41H46F2N10O4. The van der Waals surface area contributed by atoms with Crippen molar-refractivity contribution in [1.29, 1.82) is 0 Å². The van der Waals surface area contributed by atoms with E-state index in [-0.39, 0.29) is 30.2 Å². The van der Waals surface area contributed by atoms with Crippen LogP contribution in [0.4, 0.5) is 31.5 Å². The Kier molecular flexibility index (Phi) is 10.6. The molecule has 57 heavy (non-hydrogen) atoms. The molecule has 0 spiro atoms. The Morgan fingerprint density at radius 1 is 0.982 bits per heavy atom. The summed E-state index contributed by atoms with van der Waals surface area (Å²) in [4.78, 5) is 53.6. The van der Waals surface area contributed by atoms with Crippen molar-refractivity contribution in [3.05, 3.63) is 77.1 Å². The average molecular weight is 781 g/mol. The lowest BCUT2D eigenvalue weighted by Crippen LogP contribution is -2.47. The van der Waals surface area contributed by atoms with Crippen LogP contribution in [0.5, 0.6) is 5.88 Å². The third-order valence-corrected chi connectivity index (χ3v) is 11.1. The summed E-state index contributed by atoms with van der Waals surface area (Å²) in [5.74, 6) is -2.75. The van der Waals surface area contributed by atoms with E-state index in [0.29, 0.717) is 60.7 Å². The molecule has 0 radical (unpaired) electrons. The summed E-state index contributed by atoms with van der Waals surface area (Å²) in [6.07, 6.45) is 3.57. The second-order valence-corrected chi connectivity index (χ2v) is 15.3. The van der Waals surface area contributed by atoms with Crippen molar-refractivity contribution >= 4 is 46.4 Å². The number of carbonyl (C=O) groups excluding carboxylic acids is 3. The topological polar surface area (TPSA) is 149 Å². The fourth-order valence-electron chi connectivity index (χ4n) is 8.06. The summed E-state index contributed by atoms with van der Waals surface area (Å²) in [5.41, 5.74) is 5.36. The Morgan fingerprint density at radius 3 is 2.54 bits per heavy atom. The Hall–Kier alpha value is -5.90. The molecule has 0 saturated carbocycles. The van der Waals surface area contributed by atoms with Gasteiger partial charge in [0.2, 0.25) is 23.7 Å². The predicted molar refractivity (Wildman–Crippen MR) is 213 cm³/mol. The van der Waals surface area contributed by atoms with E-state index in [4.69, 9.17) is 9.72 Å². The molecule has 2 aromatic carbocycles. The maximum absolute atomic E-state index is 15.0. The number of piperazine rings is 1. The molecule has 298 valence electrons. The van der Waals surface area contributed by atoms with E-state index >= 15 is 8.78 Å². The normalized spacial score (nSPS) is 21.2. The minimum atomic E-state index is -1.03. The molecule has 2 atom stereocenters. The molecule has 8 rings (SSSR count). The minimum absolute atomic E-state index is 0.0432. The van der Waals surface area contributed by atoms with Gasteiger partial charge >= 0.3 is 0 Å². The number of guanidine groups is 1. The third-order valence-electron chi connectivity index (χ3n) is 11.1. The predicted octanol–water partition coefficient (Wildman–Crippen LogP) is 5.06. The number of pyridine rings is 1. The SMILES string of the molecule is Cc1cc2cc(n1)-c1cnn(C)c1OCCC[C@@H](C)CN1/C(=N/C2=O)Nc2ccc(N3CCN(CCNc4cc(F)c([C@H]5CCC(=O)NC5=O)c(F)c4)CC3)cc21. The maximum atomic E-state index is 15.0. The molecule has 6 heterocycles. The van der Waals surface area contributed by atoms with Crippen LogP contribution in [-0.4, -0.2) is 95.8 Å². The first-order valence-electron chi connectivity index (χ1n) is 19.5. The van der Waals surface area contributed by atoms with E-state index < -0.39 is 29.4 Å². The Labute approximate surface area is 329 Å². The fraction of sp³-hybridized carbons (Fsp3) is 0.415. The highest BCUT2D eigenvalue weighted by Gasteiger charge is 2.33. The van der Waals surface area contributed by atoms with Gasteiger partial charge in [0.1, 0.15) is 11.6 Å². The van der Waals surface area contributed by atoms with Crippen LogP contribution in [0.25, 0.3) is 11.3 Å². The first kappa shape index (κ1) is 38.0. The number of aromatic nitrogens is 3. The molecule has 4 aliphatic heterocycles. The zero-order chi connectivity index (χ0) is 39.8. The molecule has 14 nitrogen and oxygen atoms in total. The van der Waals surface area contributed by atoms with Gasteiger partial charge in [-0.1, -0.05) is 6.92 Å². The number of aliphatic imine (C=N–C) groups is 1. The van der Waals surface area contributed by atoms with Crippen molar-refractivity contribution in [1.82, 2.24) is 25.0 Å².